The van der Waals surface area contributed by atoms with Gasteiger partial charge in [0.15, 0.2) is 5.78 Å². The Labute approximate surface area is 110 Å². The Bertz CT molecular complexity index is 391. The van der Waals surface area contributed by atoms with Crippen molar-refractivity contribution in [2.45, 2.75) is 53.1 Å². The lowest BCUT2D eigenvalue weighted by Gasteiger charge is -2.35. The van der Waals surface area contributed by atoms with Gasteiger partial charge in [0.2, 0.25) is 0 Å². The molecule has 0 saturated heterocycles. The first-order valence-corrected chi connectivity index (χ1v) is 6.75. The molecule has 1 heterocycles. The average Bonchev–Trinajstić information content (AvgIpc) is 2.77. The summed E-state index contributed by atoms with van der Waals surface area (Å²) in [6, 6.07) is 0. The van der Waals surface area contributed by atoms with Crippen LogP contribution in [0, 0.1) is 0 Å². The molecule has 0 fully saturated rings. The number of ketones is 1. The number of hydrogen-bond donors (Lipinski definition) is 0. The van der Waals surface area contributed by atoms with Crippen molar-refractivity contribution in [1.82, 2.24) is 14.5 Å². The summed E-state index contributed by atoms with van der Waals surface area (Å²) in [5.74, 6) is 1.09. The van der Waals surface area contributed by atoms with Crippen LogP contribution in [-0.4, -0.2) is 38.9 Å². The molecule has 4 nitrogen and oxygen atoms in total. The van der Waals surface area contributed by atoms with Gasteiger partial charge in [-0.15, -0.1) is 0 Å². The van der Waals surface area contributed by atoms with E-state index in [9.17, 15) is 4.79 Å². The molecule has 0 N–H and O–H groups in total. The molecule has 0 radical (unpaired) electrons. The van der Waals surface area contributed by atoms with E-state index in [1.54, 1.807) is 6.20 Å². The average molecular weight is 251 g/mol. The van der Waals surface area contributed by atoms with Crippen LogP contribution in [0.3, 0.4) is 0 Å². The van der Waals surface area contributed by atoms with E-state index in [4.69, 9.17) is 0 Å². The molecule has 0 aliphatic heterocycles. The summed E-state index contributed by atoms with van der Waals surface area (Å²) in [5, 5.41) is 0. The highest BCUT2D eigenvalue weighted by atomic mass is 16.1. The van der Waals surface area contributed by atoms with E-state index >= 15 is 0 Å². The van der Waals surface area contributed by atoms with Crippen molar-refractivity contribution in [1.29, 1.82) is 0 Å². The van der Waals surface area contributed by atoms with Crippen LogP contribution < -0.4 is 0 Å². The predicted octanol–water partition coefficient (Wildman–Crippen LogP) is 2.13. The van der Waals surface area contributed by atoms with Crippen molar-refractivity contribution in [2.24, 2.45) is 0 Å². The van der Waals surface area contributed by atoms with Crippen LogP contribution in [0.4, 0.5) is 0 Å². The minimum Gasteiger partial charge on any atom is -0.335 e. The third-order valence-corrected chi connectivity index (χ3v) is 3.70. The van der Waals surface area contributed by atoms with Gasteiger partial charge in [0.05, 0.1) is 12.0 Å². The summed E-state index contributed by atoms with van der Waals surface area (Å²) in [6.07, 6.45) is 4.09. The van der Waals surface area contributed by atoms with Gasteiger partial charge in [-0.1, -0.05) is 13.8 Å². The van der Waals surface area contributed by atoms with E-state index in [0.717, 1.165) is 25.5 Å². The molecule has 0 amide bonds. The van der Waals surface area contributed by atoms with E-state index in [-0.39, 0.29) is 5.78 Å². The van der Waals surface area contributed by atoms with Crippen LogP contribution in [0.15, 0.2) is 12.4 Å². The zero-order valence-electron chi connectivity index (χ0n) is 12.2. The van der Waals surface area contributed by atoms with Gasteiger partial charge in [0, 0.05) is 18.9 Å². The van der Waals surface area contributed by atoms with Crippen molar-refractivity contribution in [3.63, 3.8) is 0 Å². The summed E-state index contributed by atoms with van der Waals surface area (Å²) < 4.78 is 2.02. The number of nitrogens with zero attached hydrogens (tertiary/aromatic N) is 3. The van der Waals surface area contributed by atoms with Crippen molar-refractivity contribution >= 4 is 5.78 Å². The zero-order valence-corrected chi connectivity index (χ0v) is 12.2. The van der Waals surface area contributed by atoms with Crippen molar-refractivity contribution < 1.29 is 4.79 Å². The van der Waals surface area contributed by atoms with Gasteiger partial charge in [-0.05, 0) is 33.9 Å². The number of carbonyl (C=O) groups excluding carboxylic acids is 1. The van der Waals surface area contributed by atoms with Crippen LogP contribution in [0.5, 0.6) is 0 Å². The van der Waals surface area contributed by atoms with Crippen LogP contribution in [0.1, 0.15) is 40.4 Å². The fourth-order valence-corrected chi connectivity index (χ4v) is 2.35. The lowest BCUT2D eigenvalue weighted by molar-refractivity contribution is -0.128. The Morgan fingerprint density at radius 1 is 1.33 bits per heavy atom. The monoisotopic (exact) mass is 251 g/mol. The molecule has 0 bridgehead atoms. The van der Waals surface area contributed by atoms with Crippen molar-refractivity contribution in [3.05, 3.63) is 18.2 Å². The first-order valence-electron chi connectivity index (χ1n) is 6.75. The van der Waals surface area contributed by atoms with Crippen LogP contribution in [0.2, 0.25) is 0 Å². The fraction of sp³-hybridized carbons (Fsp3) is 0.714. The molecular weight excluding hydrogens is 226 g/mol. The molecule has 1 aromatic heterocycles. The maximum Gasteiger partial charge on any atom is 0.160 e. The highest BCUT2D eigenvalue weighted by Gasteiger charge is 2.32. The normalized spacial score (nSPS) is 12.1. The molecule has 0 aliphatic rings. The highest BCUT2D eigenvalue weighted by molar-refractivity contribution is 5.88. The Balaban J connectivity index is 2.81. The second-order valence-corrected chi connectivity index (χ2v) is 4.96. The minimum atomic E-state index is -0.423. The summed E-state index contributed by atoms with van der Waals surface area (Å²) in [6.45, 7) is 12.9. The largest absolute Gasteiger partial charge is 0.335 e. The zero-order chi connectivity index (χ0) is 13.8. The second-order valence-electron chi connectivity index (χ2n) is 4.96. The number of aromatic nitrogens is 2. The van der Waals surface area contributed by atoms with Gasteiger partial charge in [-0.25, -0.2) is 4.98 Å². The summed E-state index contributed by atoms with van der Waals surface area (Å²) in [5.41, 5.74) is -0.423. The Morgan fingerprint density at radius 2 is 1.94 bits per heavy atom. The van der Waals surface area contributed by atoms with Crippen LogP contribution in [-0.2, 0) is 17.8 Å². The van der Waals surface area contributed by atoms with E-state index in [2.05, 4.69) is 30.7 Å². The third-order valence-electron chi connectivity index (χ3n) is 3.70. The number of aryl methyl sites for hydroxylation is 1. The second kappa shape index (κ2) is 6.14. The molecule has 4 heteroatoms. The van der Waals surface area contributed by atoms with Crippen LogP contribution >= 0.6 is 0 Å². The highest BCUT2D eigenvalue weighted by Crippen LogP contribution is 2.17. The maximum atomic E-state index is 12.5. The molecule has 0 saturated carbocycles. The molecule has 0 aliphatic carbocycles. The van der Waals surface area contributed by atoms with Crippen LogP contribution in [0.25, 0.3) is 0 Å². The molecule has 102 valence electrons. The van der Waals surface area contributed by atoms with Gasteiger partial charge in [-0.2, -0.15) is 0 Å². The van der Waals surface area contributed by atoms with E-state index < -0.39 is 5.54 Å². The molecular formula is C14H25N3O. The SMILES string of the molecule is CCN(CC)C(C)(C)C(=O)Cc1nccn1CC. The van der Waals surface area contributed by atoms with Gasteiger partial charge in [0.25, 0.3) is 0 Å². The van der Waals surface area contributed by atoms with E-state index in [1.807, 2.05) is 24.6 Å². The topological polar surface area (TPSA) is 38.1 Å². The number of imidazole rings is 1. The molecule has 0 aromatic carbocycles. The number of rotatable bonds is 7. The molecule has 1 rings (SSSR count). The quantitative estimate of drug-likeness (QED) is 0.745. The molecule has 18 heavy (non-hydrogen) atoms. The number of Topliss-reactive ketones (excluding diaryl/α,β-unsaturated/α-hetero) is 1. The van der Waals surface area contributed by atoms with E-state index in [1.165, 1.54) is 0 Å². The minimum absolute atomic E-state index is 0.229. The molecule has 0 unspecified atom stereocenters. The number of likely N-dealkylation sites (N-methyl/N-ethyl adjacent to an activating group) is 1. The standard InChI is InChI=1S/C14H25N3O/c1-6-16-10-9-15-13(16)11-12(18)14(4,5)17(7-2)8-3/h9-10H,6-8,11H2,1-5H3. The molecule has 0 spiro atoms. The summed E-state index contributed by atoms with van der Waals surface area (Å²) >= 11 is 0. The van der Waals surface area contributed by atoms with E-state index in [0.29, 0.717) is 6.42 Å². The van der Waals surface area contributed by atoms with Gasteiger partial charge in [0.1, 0.15) is 5.82 Å². The summed E-state index contributed by atoms with van der Waals surface area (Å²) in [7, 11) is 0. The van der Waals surface area contributed by atoms with Crippen molar-refractivity contribution in [3.8, 4) is 0 Å². The third kappa shape index (κ3) is 2.99. The van der Waals surface area contributed by atoms with Gasteiger partial charge in [-0.3, -0.25) is 9.69 Å². The lowest BCUT2D eigenvalue weighted by atomic mass is 9.94. The summed E-state index contributed by atoms with van der Waals surface area (Å²) in [4.78, 5) is 18.9. The molecule has 1 aromatic rings. The van der Waals surface area contributed by atoms with Crippen molar-refractivity contribution in [2.75, 3.05) is 13.1 Å². The first-order chi connectivity index (χ1) is 8.47. The lowest BCUT2D eigenvalue weighted by Crippen LogP contribution is -2.50. The Kier molecular flexibility index (Phi) is 5.08. The van der Waals surface area contributed by atoms with Gasteiger partial charge < -0.3 is 4.57 Å². The molecule has 0 atom stereocenters. The first kappa shape index (κ1) is 14.9. The Hall–Kier alpha value is -1.16. The number of carbonyl (C=O) groups is 1. The predicted molar refractivity (Wildman–Crippen MR) is 73.6 cm³/mol. The smallest absolute Gasteiger partial charge is 0.160 e. The Morgan fingerprint density at radius 3 is 2.44 bits per heavy atom. The fourth-order valence-electron chi connectivity index (χ4n) is 2.35. The van der Waals surface area contributed by atoms with Gasteiger partial charge >= 0.3 is 0 Å². The number of hydrogen-bond acceptors (Lipinski definition) is 3. The maximum absolute atomic E-state index is 12.5.